The third-order valence-electron chi connectivity index (χ3n) is 3.43. The lowest BCUT2D eigenvalue weighted by Gasteiger charge is -2.20. The summed E-state index contributed by atoms with van der Waals surface area (Å²) in [5.41, 5.74) is 6.81. The molecule has 110 valence electrons. The quantitative estimate of drug-likeness (QED) is 0.671. The Morgan fingerprint density at radius 3 is 2.80 bits per heavy atom. The average molecular weight is 342 g/mol. The number of halogens is 1. The highest BCUT2D eigenvalue weighted by Gasteiger charge is 2.32. The van der Waals surface area contributed by atoms with Crippen LogP contribution in [0, 0.1) is 0 Å². The normalized spacial score (nSPS) is 20.9. The van der Waals surface area contributed by atoms with Gasteiger partial charge in [-0.25, -0.2) is 0 Å². The molecule has 5 heteroatoms. The minimum absolute atomic E-state index is 0.0489. The van der Waals surface area contributed by atoms with Crippen LogP contribution >= 0.6 is 15.9 Å². The van der Waals surface area contributed by atoms with Crippen LogP contribution in [0.4, 0.5) is 5.69 Å². The number of ketones is 1. The van der Waals surface area contributed by atoms with Gasteiger partial charge in [-0.3, -0.25) is 4.79 Å². The fourth-order valence-corrected chi connectivity index (χ4v) is 2.88. The monoisotopic (exact) mass is 341 g/mol. The molecule has 1 aromatic rings. The second-order valence-electron chi connectivity index (χ2n) is 5.78. The number of anilines is 1. The fraction of sp³-hybridized carbons (Fsp3) is 0.533. The summed E-state index contributed by atoms with van der Waals surface area (Å²) in [6, 6.07) is 3.47. The first-order valence-corrected chi connectivity index (χ1v) is 7.48. The third-order valence-corrected chi connectivity index (χ3v) is 3.89. The number of hydrogen-bond acceptors (Lipinski definition) is 4. The van der Waals surface area contributed by atoms with E-state index in [1.54, 1.807) is 12.1 Å². The molecule has 2 rings (SSSR count). The van der Waals surface area contributed by atoms with Gasteiger partial charge in [0.25, 0.3) is 0 Å². The van der Waals surface area contributed by atoms with E-state index in [1.165, 1.54) is 6.92 Å². The van der Waals surface area contributed by atoms with Crippen LogP contribution in [0.5, 0.6) is 5.75 Å². The maximum Gasteiger partial charge on any atom is 0.163 e. The van der Waals surface area contributed by atoms with Gasteiger partial charge in [-0.05, 0) is 45.7 Å². The van der Waals surface area contributed by atoms with Gasteiger partial charge in [-0.1, -0.05) is 15.9 Å². The summed E-state index contributed by atoms with van der Waals surface area (Å²) < 4.78 is 12.4. The minimum Gasteiger partial charge on any atom is -0.488 e. The molecule has 2 N–H and O–H groups in total. The first kappa shape index (κ1) is 15.3. The topological polar surface area (TPSA) is 61.6 Å². The summed E-state index contributed by atoms with van der Waals surface area (Å²) in [5.74, 6) is 0.384. The average Bonchev–Trinajstić information content (AvgIpc) is 2.66. The predicted octanol–water partition coefficient (Wildman–Crippen LogP) is 3.57. The Morgan fingerprint density at radius 2 is 2.25 bits per heavy atom. The molecule has 1 unspecified atom stereocenters. The zero-order valence-electron chi connectivity index (χ0n) is 12.0. The van der Waals surface area contributed by atoms with E-state index in [0.717, 1.165) is 17.3 Å². The molecule has 0 amide bonds. The molecular weight excluding hydrogens is 322 g/mol. The van der Waals surface area contributed by atoms with Crippen molar-refractivity contribution < 1.29 is 14.3 Å². The molecular formula is C15H20BrNO3. The molecule has 1 aliphatic rings. The van der Waals surface area contributed by atoms with E-state index >= 15 is 0 Å². The molecule has 1 aromatic carbocycles. The highest BCUT2D eigenvalue weighted by Crippen LogP contribution is 2.33. The van der Waals surface area contributed by atoms with Crippen molar-refractivity contribution in [2.24, 2.45) is 0 Å². The largest absolute Gasteiger partial charge is 0.488 e. The second-order valence-corrected chi connectivity index (χ2v) is 6.69. The van der Waals surface area contributed by atoms with Gasteiger partial charge in [0.15, 0.2) is 11.5 Å². The second kappa shape index (κ2) is 5.74. The smallest absolute Gasteiger partial charge is 0.163 e. The van der Waals surface area contributed by atoms with Crippen molar-refractivity contribution in [2.45, 2.75) is 45.3 Å². The van der Waals surface area contributed by atoms with Crippen LogP contribution in [0.3, 0.4) is 0 Å². The van der Waals surface area contributed by atoms with E-state index in [4.69, 9.17) is 15.2 Å². The van der Waals surface area contributed by atoms with E-state index in [-0.39, 0.29) is 17.5 Å². The third kappa shape index (κ3) is 3.52. The van der Waals surface area contributed by atoms with E-state index in [2.05, 4.69) is 29.8 Å². The van der Waals surface area contributed by atoms with Gasteiger partial charge in [0.1, 0.15) is 6.61 Å². The van der Waals surface area contributed by atoms with E-state index in [0.29, 0.717) is 23.6 Å². The molecule has 1 atom stereocenters. The van der Waals surface area contributed by atoms with E-state index in [1.807, 2.05) is 0 Å². The Bertz CT molecular complexity index is 528. The first-order valence-electron chi connectivity index (χ1n) is 6.69. The Labute approximate surface area is 127 Å². The van der Waals surface area contributed by atoms with Gasteiger partial charge < -0.3 is 15.2 Å². The molecule has 1 aliphatic heterocycles. The van der Waals surface area contributed by atoms with Crippen molar-refractivity contribution in [2.75, 3.05) is 12.3 Å². The molecule has 20 heavy (non-hydrogen) atoms. The number of nitrogens with two attached hydrogens (primary N) is 1. The summed E-state index contributed by atoms with van der Waals surface area (Å²) >= 11 is 3.34. The molecule has 1 fully saturated rings. The van der Waals surface area contributed by atoms with Gasteiger partial charge >= 0.3 is 0 Å². The number of carbonyl (C=O) groups excluding carboxylic acids is 1. The molecule has 0 bridgehead atoms. The lowest BCUT2D eigenvalue weighted by molar-refractivity contribution is -0.0326. The highest BCUT2D eigenvalue weighted by atomic mass is 79.9. The summed E-state index contributed by atoms with van der Waals surface area (Å²) in [5, 5.41) is 0. The van der Waals surface area contributed by atoms with Gasteiger partial charge in [-0.2, -0.15) is 0 Å². The maximum absolute atomic E-state index is 11.7. The number of rotatable bonds is 4. The van der Waals surface area contributed by atoms with Crippen LogP contribution in [0.1, 0.15) is 44.0 Å². The molecule has 0 aliphatic carbocycles. The summed E-state index contributed by atoms with van der Waals surface area (Å²) in [6.45, 7) is 6.06. The molecule has 0 saturated carbocycles. The molecule has 1 saturated heterocycles. The minimum atomic E-state index is -0.0946. The van der Waals surface area contributed by atoms with Crippen LogP contribution in [-0.4, -0.2) is 24.1 Å². The standard InChI is InChI=1S/C15H20BrNO3/c1-9(18)12-6-10(16)7-13(17)14(12)19-8-11-4-5-15(2,3)20-11/h6-7,11H,4-5,8,17H2,1-3H3. The molecule has 0 aromatic heterocycles. The number of carbonyl (C=O) groups is 1. The van der Waals surface area contributed by atoms with Crippen LogP contribution in [-0.2, 0) is 4.74 Å². The van der Waals surface area contributed by atoms with Crippen LogP contribution in [0.2, 0.25) is 0 Å². The lowest BCUT2D eigenvalue weighted by atomic mass is 10.1. The number of ether oxygens (including phenoxy) is 2. The molecule has 4 nitrogen and oxygen atoms in total. The zero-order chi connectivity index (χ0) is 14.9. The maximum atomic E-state index is 11.7. The van der Waals surface area contributed by atoms with E-state index < -0.39 is 0 Å². The van der Waals surface area contributed by atoms with Crippen molar-refractivity contribution in [1.29, 1.82) is 0 Å². The Hall–Kier alpha value is -1.07. The van der Waals surface area contributed by atoms with Gasteiger partial charge in [-0.15, -0.1) is 0 Å². The number of benzene rings is 1. The summed E-state index contributed by atoms with van der Waals surface area (Å²) in [6.07, 6.45) is 2.02. The zero-order valence-corrected chi connectivity index (χ0v) is 13.6. The van der Waals surface area contributed by atoms with Crippen molar-refractivity contribution in [1.82, 2.24) is 0 Å². The van der Waals surface area contributed by atoms with Crippen molar-refractivity contribution in [3.05, 3.63) is 22.2 Å². The highest BCUT2D eigenvalue weighted by molar-refractivity contribution is 9.10. The molecule has 1 heterocycles. The lowest BCUT2D eigenvalue weighted by Crippen LogP contribution is -2.24. The van der Waals surface area contributed by atoms with Crippen LogP contribution in [0.15, 0.2) is 16.6 Å². The Kier molecular flexibility index (Phi) is 4.39. The van der Waals surface area contributed by atoms with Crippen LogP contribution < -0.4 is 10.5 Å². The SMILES string of the molecule is CC(=O)c1cc(Br)cc(N)c1OCC1CCC(C)(C)O1. The number of Topliss-reactive ketones (excluding diaryl/α,β-unsaturated/α-hetero) is 1. The number of nitrogen functional groups attached to an aromatic ring is 1. The summed E-state index contributed by atoms with van der Waals surface area (Å²) in [7, 11) is 0. The number of hydrogen-bond donors (Lipinski definition) is 1. The Morgan fingerprint density at radius 1 is 1.55 bits per heavy atom. The van der Waals surface area contributed by atoms with Gasteiger partial charge in [0.2, 0.25) is 0 Å². The van der Waals surface area contributed by atoms with Crippen molar-refractivity contribution >= 4 is 27.4 Å². The van der Waals surface area contributed by atoms with Crippen LogP contribution in [0.25, 0.3) is 0 Å². The molecule has 0 spiro atoms. The first-order chi connectivity index (χ1) is 9.28. The van der Waals surface area contributed by atoms with E-state index in [9.17, 15) is 4.79 Å². The fourth-order valence-electron chi connectivity index (χ4n) is 2.41. The summed E-state index contributed by atoms with van der Waals surface area (Å²) in [4.78, 5) is 11.7. The van der Waals surface area contributed by atoms with Gasteiger partial charge in [0.05, 0.1) is 23.0 Å². The van der Waals surface area contributed by atoms with Gasteiger partial charge in [0, 0.05) is 4.47 Å². The predicted molar refractivity (Wildman–Crippen MR) is 82.2 cm³/mol. The van der Waals surface area contributed by atoms with Crippen molar-refractivity contribution in [3.63, 3.8) is 0 Å². The Balaban J connectivity index is 2.12. The van der Waals surface area contributed by atoms with Crippen molar-refractivity contribution in [3.8, 4) is 5.75 Å². The molecule has 0 radical (unpaired) electrons.